The first kappa shape index (κ1) is 21.6. The SMILES string of the molecule is c1ccc(P(C[C@@H]2CC[C@H]2CP(c2ccccc2)c2ccccc2)c2ccccc2)cc1. The van der Waals surface area contributed by atoms with Crippen LogP contribution in [0.25, 0.3) is 0 Å². The van der Waals surface area contributed by atoms with Crippen molar-refractivity contribution in [2.24, 2.45) is 11.8 Å². The van der Waals surface area contributed by atoms with Gasteiger partial charge in [-0.05, 0) is 74.1 Å². The molecule has 0 N–H and O–H groups in total. The van der Waals surface area contributed by atoms with Crippen LogP contribution in [0.5, 0.6) is 0 Å². The van der Waals surface area contributed by atoms with Crippen LogP contribution in [0, 0.1) is 11.8 Å². The van der Waals surface area contributed by atoms with E-state index in [-0.39, 0.29) is 15.8 Å². The summed E-state index contributed by atoms with van der Waals surface area (Å²) in [5.41, 5.74) is 0. The van der Waals surface area contributed by atoms with Gasteiger partial charge in [-0.3, -0.25) is 0 Å². The van der Waals surface area contributed by atoms with E-state index in [2.05, 4.69) is 121 Å². The summed E-state index contributed by atoms with van der Waals surface area (Å²) in [6, 6.07) is 44.9. The number of hydrogen-bond acceptors (Lipinski definition) is 0. The van der Waals surface area contributed by atoms with E-state index in [4.69, 9.17) is 0 Å². The van der Waals surface area contributed by atoms with Gasteiger partial charge in [0.05, 0.1) is 0 Å². The van der Waals surface area contributed by atoms with Crippen LogP contribution in [0.15, 0.2) is 121 Å². The average Bonchev–Trinajstić information content (AvgIpc) is 2.86. The highest BCUT2D eigenvalue weighted by molar-refractivity contribution is 7.73. The van der Waals surface area contributed by atoms with Crippen molar-refractivity contribution in [2.75, 3.05) is 12.3 Å². The van der Waals surface area contributed by atoms with Crippen LogP contribution in [-0.2, 0) is 0 Å². The highest BCUT2D eigenvalue weighted by Crippen LogP contribution is 2.49. The molecule has 0 aromatic heterocycles. The average molecular weight is 453 g/mol. The molecule has 1 fully saturated rings. The molecule has 1 aliphatic rings. The minimum absolute atomic E-state index is 0.298. The molecule has 2 atom stereocenters. The van der Waals surface area contributed by atoms with E-state index in [1.165, 1.54) is 46.4 Å². The molecule has 0 nitrogen and oxygen atoms in total. The smallest absolute Gasteiger partial charge is 0.0195 e. The Labute approximate surface area is 195 Å². The third kappa shape index (κ3) is 5.04. The Morgan fingerprint density at radius 1 is 0.406 bits per heavy atom. The maximum atomic E-state index is 2.34. The van der Waals surface area contributed by atoms with Gasteiger partial charge >= 0.3 is 0 Å². The molecule has 0 saturated heterocycles. The van der Waals surface area contributed by atoms with E-state index in [1.54, 1.807) is 0 Å². The summed E-state index contributed by atoms with van der Waals surface area (Å²) in [5, 5.41) is 6.08. The predicted molar refractivity (Wildman–Crippen MR) is 144 cm³/mol. The van der Waals surface area contributed by atoms with Crippen molar-refractivity contribution in [2.45, 2.75) is 12.8 Å². The number of benzene rings is 4. The maximum absolute atomic E-state index is 2.34. The molecule has 2 heteroatoms. The third-order valence-electron chi connectivity index (χ3n) is 6.68. The normalized spacial score (nSPS) is 17.9. The van der Waals surface area contributed by atoms with Crippen LogP contribution in [-0.4, -0.2) is 12.3 Å². The van der Waals surface area contributed by atoms with Crippen molar-refractivity contribution in [1.82, 2.24) is 0 Å². The molecule has 0 bridgehead atoms. The van der Waals surface area contributed by atoms with Gasteiger partial charge in [-0.25, -0.2) is 0 Å². The predicted octanol–water partition coefficient (Wildman–Crippen LogP) is 6.28. The van der Waals surface area contributed by atoms with Crippen LogP contribution < -0.4 is 21.2 Å². The fraction of sp³-hybridized carbons (Fsp3) is 0.200. The van der Waals surface area contributed by atoms with Gasteiger partial charge in [0.1, 0.15) is 0 Å². The fourth-order valence-corrected chi connectivity index (χ4v) is 10.2. The first-order valence-electron chi connectivity index (χ1n) is 11.6. The van der Waals surface area contributed by atoms with Crippen LogP contribution in [0.2, 0.25) is 0 Å². The Morgan fingerprint density at radius 2 is 0.656 bits per heavy atom. The summed E-state index contributed by atoms with van der Waals surface area (Å²) in [4.78, 5) is 0. The molecule has 0 radical (unpaired) electrons. The van der Waals surface area contributed by atoms with Gasteiger partial charge in [-0.1, -0.05) is 121 Å². The molecule has 4 aromatic carbocycles. The molecule has 0 heterocycles. The Hall–Kier alpha value is -2.26. The standard InChI is InChI=1S/C30H30P2/c1-5-13-27(14-6-1)31(28-15-7-2-8-16-28)23-25-21-22-26(25)24-32(29-17-9-3-10-18-29)30-19-11-4-12-20-30/h1-20,25-26H,21-24H2/t25-,26-/m0/s1. The zero-order chi connectivity index (χ0) is 21.6. The fourth-order valence-electron chi connectivity index (χ4n) is 4.74. The largest absolute Gasteiger partial charge is 0.0622 e. The molecule has 0 unspecified atom stereocenters. The van der Waals surface area contributed by atoms with E-state index in [9.17, 15) is 0 Å². The molecule has 4 aromatic rings. The molecule has 0 amide bonds. The second-order valence-electron chi connectivity index (χ2n) is 8.66. The molecule has 0 aliphatic heterocycles. The highest BCUT2D eigenvalue weighted by Gasteiger charge is 2.35. The summed E-state index contributed by atoms with van der Waals surface area (Å²) in [6.07, 6.45) is 5.41. The number of hydrogen-bond donors (Lipinski definition) is 0. The lowest BCUT2D eigenvalue weighted by Gasteiger charge is -2.41. The Kier molecular flexibility index (Phi) is 7.13. The third-order valence-corrected chi connectivity index (χ3v) is 12.0. The van der Waals surface area contributed by atoms with Gasteiger partial charge in [0, 0.05) is 0 Å². The molecular weight excluding hydrogens is 422 g/mol. The molecule has 1 aliphatic carbocycles. The minimum atomic E-state index is -0.298. The maximum Gasteiger partial charge on any atom is -0.0195 e. The number of rotatable bonds is 8. The van der Waals surface area contributed by atoms with Gasteiger partial charge in [0.2, 0.25) is 0 Å². The molecule has 32 heavy (non-hydrogen) atoms. The second-order valence-corrected chi connectivity index (χ2v) is 13.2. The van der Waals surface area contributed by atoms with Crippen LogP contribution >= 0.6 is 15.8 Å². The monoisotopic (exact) mass is 452 g/mol. The van der Waals surface area contributed by atoms with Gasteiger partial charge < -0.3 is 0 Å². The molecular formula is C30H30P2. The topological polar surface area (TPSA) is 0 Å². The van der Waals surface area contributed by atoms with Crippen molar-refractivity contribution >= 4 is 37.1 Å². The van der Waals surface area contributed by atoms with Crippen molar-refractivity contribution < 1.29 is 0 Å². The minimum Gasteiger partial charge on any atom is -0.0622 e. The van der Waals surface area contributed by atoms with E-state index >= 15 is 0 Å². The van der Waals surface area contributed by atoms with Crippen LogP contribution in [0.4, 0.5) is 0 Å². The summed E-state index contributed by atoms with van der Waals surface area (Å²) in [5.74, 6) is 1.66. The quantitative estimate of drug-likeness (QED) is 0.276. The molecule has 160 valence electrons. The van der Waals surface area contributed by atoms with E-state index in [0.717, 1.165) is 11.8 Å². The van der Waals surface area contributed by atoms with Crippen molar-refractivity contribution in [1.29, 1.82) is 0 Å². The lowest BCUT2D eigenvalue weighted by atomic mass is 9.76. The van der Waals surface area contributed by atoms with Crippen molar-refractivity contribution in [3.63, 3.8) is 0 Å². The summed E-state index contributed by atoms with van der Waals surface area (Å²) < 4.78 is 0. The molecule has 0 spiro atoms. The van der Waals surface area contributed by atoms with E-state index in [0.29, 0.717) is 0 Å². The van der Waals surface area contributed by atoms with Gasteiger partial charge in [-0.2, -0.15) is 0 Å². The van der Waals surface area contributed by atoms with Crippen molar-refractivity contribution in [3.05, 3.63) is 121 Å². The van der Waals surface area contributed by atoms with Crippen LogP contribution in [0.1, 0.15) is 12.8 Å². The first-order valence-corrected chi connectivity index (χ1v) is 14.7. The van der Waals surface area contributed by atoms with Gasteiger partial charge in [0.15, 0.2) is 0 Å². The van der Waals surface area contributed by atoms with Crippen molar-refractivity contribution in [3.8, 4) is 0 Å². The summed E-state index contributed by atoms with van der Waals surface area (Å²) in [6.45, 7) is 0. The Morgan fingerprint density at radius 3 is 0.875 bits per heavy atom. The molecule has 5 rings (SSSR count). The highest BCUT2D eigenvalue weighted by atomic mass is 31.1. The summed E-state index contributed by atoms with van der Waals surface area (Å²) in [7, 11) is -0.596. The van der Waals surface area contributed by atoms with E-state index < -0.39 is 0 Å². The van der Waals surface area contributed by atoms with Gasteiger partial charge in [0.25, 0.3) is 0 Å². The lowest BCUT2D eigenvalue weighted by Crippen LogP contribution is -2.34. The Bertz CT molecular complexity index is 911. The molecule has 1 saturated carbocycles. The second kappa shape index (κ2) is 10.6. The first-order chi connectivity index (χ1) is 15.9. The summed E-state index contributed by atoms with van der Waals surface area (Å²) >= 11 is 0. The Balaban J connectivity index is 1.37. The lowest BCUT2D eigenvalue weighted by molar-refractivity contribution is 0.228. The van der Waals surface area contributed by atoms with E-state index in [1.807, 2.05) is 0 Å². The van der Waals surface area contributed by atoms with Crippen LogP contribution in [0.3, 0.4) is 0 Å². The van der Waals surface area contributed by atoms with Gasteiger partial charge in [-0.15, -0.1) is 0 Å². The zero-order valence-electron chi connectivity index (χ0n) is 18.4. The zero-order valence-corrected chi connectivity index (χ0v) is 20.2.